The zero-order valence-electron chi connectivity index (χ0n) is 31.1. The van der Waals surface area contributed by atoms with E-state index in [1.165, 1.54) is 69.6 Å². The van der Waals surface area contributed by atoms with E-state index in [0.29, 0.717) is 0 Å². The molecule has 7 aromatic carbocycles. The first-order valence-electron chi connectivity index (χ1n) is 19.0. The highest BCUT2D eigenvalue weighted by molar-refractivity contribution is 7.98. The maximum atomic E-state index is 2.46. The molecular weight excluding hydrogens is 703 g/mol. The molecule has 266 valence electrons. The van der Waals surface area contributed by atoms with Gasteiger partial charge in [-0.25, -0.2) is 0 Å². The molecule has 1 aliphatic carbocycles. The average molecular weight is 744 g/mol. The van der Waals surface area contributed by atoms with Crippen LogP contribution in [0.2, 0.25) is 0 Å². The van der Waals surface area contributed by atoms with Crippen molar-refractivity contribution in [2.75, 3.05) is 11.2 Å². The molecule has 8 aromatic rings. The summed E-state index contributed by atoms with van der Waals surface area (Å²) in [5, 5.41) is 3.81. The van der Waals surface area contributed by atoms with Crippen LogP contribution < -0.4 is 4.90 Å². The Morgan fingerprint density at radius 2 is 1.35 bits per heavy atom. The largest absolute Gasteiger partial charge is 0.309 e. The van der Waals surface area contributed by atoms with Gasteiger partial charge in [-0.1, -0.05) is 158 Å². The van der Waals surface area contributed by atoms with Crippen molar-refractivity contribution in [2.45, 2.75) is 24.7 Å². The van der Waals surface area contributed by atoms with E-state index in [9.17, 15) is 0 Å². The van der Waals surface area contributed by atoms with Crippen LogP contribution in [-0.4, -0.2) is 6.26 Å². The SMILES string of the molecule is C/C=C\C=C/c1ccccc1N(c1ccc(-c2cccc3c4c(sc23)C=CCC4)c(-c2cccc(-c3ccccc3)c2SC)c1)c1cccc2ccccc12. The van der Waals surface area contributed by atoms with Gasteiger partial charge in [-0.3, -0.25) is 0 Å². The van der Waals surface area contributed by atoms with Gasteiger partial charge in [0.05, 0.1) is 11.4 Å². The van der Waals surface area contributed by atoms with Crippen LogP contribution in [0.3, 0.4) is 0 Å². The van der Waals surface area contributed by atoms with Crippen LogP contribution in [0, 0.1) is 0 Å². The summed E-state index contributed by atoms with van der Waals surface area (Å²) >= 11 is 3.76. The number of nitrogens with zero attached hydrogens (tertiary/aromatic N) is 1. The standard InChI is InChI=1S/C52H41NS2/c1-3-4-6-21-38-22-10-13-30-48(38)53(49-31-15-23-36-20-9-11-24-40(36)49)39-33-34-42(44-27-17-28-45-43-25-12-14-32-50(43)55-52(44)45)47(35-39)46-29-16-26-41(51(46)54-2)37-18-7-5-8-19-37/h3-11,13-24,26-35H,12,25H2,1-2H3/b4-3-,21-6-. The smallest absolute Gasteiger partial charge is 0.0540 e. The Labute approximate surface area is 332 Å². The van der Waals surface area contributed by atoms with Crippen LogP contribution in [-0.2, 0) is 6.42 Å². The van der Waals surface area contributed by atoms with Crippen molar-refractivity contribution < 1.29 is 0 Å². The number of anilines is 3. The Morgan fingerprint density at radius 1 is 0.618 bits per heavy atom. The molecule has 0 saturated heterocycles. The molecule has 1 heterocycles. The number of thioether (sulfide) groups is 1. The molecule has 1 nitrogen and oxygen atoms in total. The summed E-state index contributed by atoms with van der Waals surface area (Å²) in [5.41, 5.74) is 13.5. The lowest BCUT2D eigenvalue weighted by Crippen LogP contribution is -2.12. The van der Waals surface area contributed by atoms with Crippen molar-refractivity contribution in [1.29, 1.82) is 0 Å². The van der Waals surface area contributed by atoms with Crippen molar-refractivity contribution in [3.05, 3.63) is 192 Å². The van der Waals surface area contributed by atoms with Crippen molar-refractivity contribution in [3.8, 4) is 33.4 Å². The number of hydrogen-bond donors (Lipinski definition) is 0. The normalized spacial score (nSPS) is 12.6. The van der Waals surface area contributed by atoms with Gasteiger partial charge in [0.25, 0.3) is 0 Å². The number of benzene rings is 7. The Morgan fingerprint density at radius 3 is 2.24 bits per heavy atom. The van der Waals surface area contributed by atoms with Crippen molar-refractivity contribution in [3.63, 3.8) is 0 Å². The molecule has 9 rings (SSSR count). The third kappa shape index (κ3) is 6.54. The highest BCUT2D eigenvalue weighted by atomic mass is 32.2. The first kappa shape index (κ1) is 34.9. The van der Waals surface area contributed by atoms with Gasteiger partial charge in [-0.2, -0.15) is 0 Å². The van der Waals surface area contributed by atoms with Crippen LogP contribution in [0.25, 0.3) is 66.4 Å². The van der Waals surface area contributed by atoms with Crippen LogP contribution in [0.4, 0.5) is 17.1 Å². The molecular formula is C52H41NS2. The van der Waals surface area contributed by atoms with E-state index in [1.54, 1.807) is 0 Å². The molecule has 0 radical (unpaired) electrons. The summed E-state index contributed by atoms with van der Waals surface area (Å²) in [5.74, 6) is 0. The van der Waals surface area contributed by atoms with Crippen molar-refractivity contribution >= 4 is 73.2 Å². The zero-order valence-corrected chi connectivity index (χ0v) is 32.7. The van der Waals surface area contributed by atoms with E-state index in [-0.39, 0.29) is 0 Å². The summed E-state index contributed by atoms with van der Waals surface area (Å²) < 4.78 is 1.36. The second-order valence-corrected chi connectivity index (χ2v) is 15.7. The summed E-state index contributed by atoms with van der Waals surface area (Å²) in [6, 6.07) is 55.8. The molecule has 3 heteroatoms. The van der Waals surface area contributed by atoms with E-state index in [0.717, 1.165) is 35.5 Å². The van der Waals surface area contributed by atoms with Gasteiger partial charge in [-0.15, -0.1) is 23.1 Å². The van der Waals surface area contributed by atoms with E-state index >= 15 is 0 Å². The van der Waals surface area contributed by atoms with E-state index < -0.39 is 0 Å². The highest BCUT2D eigenvalue weighted by Crippen LogP contribution is 2.49. The Hall–Kier alpha value is -5.87. The molecule has 0 unspecified atom stereocenters. The minimum atomic E-state index is 1.10. The number of rotatable bonds is 9. The number of allylic oxidation sites excluding steroid dienone is 4. The van der Waals surface area contributed by atoms with Crippen molar-refractivity contribution in [1.82, 2.24) is 0 Å². The van der Waals surface area contributed by atoms with Crippen LogP contribution in [0.5, 0.6) is 0 Å². The first-order valence-corrected chi connectivity index (χ1v) is 21.0. The van der Waals surface area contributed by atoms with Gasteiger partial charge in [0, 0.05) is 31.1 Å². The molecule has 0 atom stereocenters. The number of fused-ring (bicyclic) bond motifs is 4. The van der Waals surface area contributed by atoms with Gasteiger partial charge < -0.3 is 4.90 Å². The molecule has 0 amide bonds. The average Bonchev–Trinajstić information content (AvgIpc) is 3.64. The van der Waals surface area contributed by atoms with Crippen LogP contribution in [0.1, 0.15) is 29.3 Å². The molecule has 0 aliphatic heterocycles. The fourth-order valence-electron chi connectivity index (χ4n) is 8.07. The van der Waals surface area contributed by atoms with Gasteiger partial charge in [0.2, 0.25) is 0 Å². The topological polar surface area (TPSA) is 3.24 Å². The van der Waals surface area contributed by atoms with Crippen molar-refractivity contribution in [2.24, 2.45) is 0 Å². The lowest BCUT2D eigenvalue weighted by molar-refractivity contribution is 1.01. The lowest BCUT2D eigenvalue weighted by atomic mass is 9.90. The monoisotopic (exact) mass is 743 g/mol. The van der Waals surface area contributed by atoms with Gasteiger partial charge in [-0.05, 0) is 106 Å². The van der Waals surface area contributed by atoms with Gasteiger partial charge in [0.15, 0.2) is 0 Å². The minimum absolute atomic E-state index is 1.10. The molecule has 1 aliphatic rings. The molecule has 0 saturated carbocycles. The molecule has 0 N–H and O–H groups in total. The number of para-hydroxylation sites is 1. The third-order valence-electron chi connectivity index (χ3n) is 10.6. The molecule has 0 spiro atoms. The third-order valence-corrected chi connectivity index (χ3v) is 12.7. The van der Waals surface area contributed by atoms with Gasteiger partial charge in [0.1, 0.15) is 0 Å². The predicted octanol–water partition coefficient (Wildman–Crippen LogP) is 15.8. The predicted molar refractivity (Wildman–Crippen MR) is 243 cm³/mol. The maximum absolute atomic E-state index is 2.46. The quantitative estimate of drug-likeness (QED) is 0.107. The first-order chi connectivity index (χ1) is 27.2. The Kier molecular flexibility index (Phi) is 9.81. The van der Waals surface area contributed by atoms with E-state index in [4.69, 9.17) is 0 Å². The Bertz CT molecular complexity index is 2760. The minimum Gasteiger partial charge on any atom is -0.309 e. The number of aryl methyl sites for hydroxylation is 1. The van der Waals surface area contributed by atoms with E-state index in [2.05, 4.69) is 206 Å². The highest BCUT2D eigenvalue weighted by Gasteiger charge is 2.23. The lowest BCUT2D eigenvalue weighted by Gasteiger charge is -2.29. The summed E-state index contributed by atoms with van der Waals surface area (Å²) in [7, 11) is 0. The number of hydrogen-bond acceptors (Lipinski definition) is 3. The van der Waals surface area contributed by atoms with Gasteiger partial charge >= 0.3 is 0 Å². The molecule has 0 fully saturated rings. The van der Waals surface area contributed by atoms with E-state index in [1.807, 2.05) is 23.1 Å². The summed E-state index contributed by atoms with van der Waals surface area (Å²) in [6.45, 7) is 2.06. The van der Waals surface area contributed by atoms with Crippen LogP contribution in [0.15, 0.2) is 181 Å². The fraction of sp³-hybridized carbons (Fsp3) is 0.0769. The summed E-state index contributed by atoms with van der Waals surface area (Å²) in [6.07, 6.45) is 17.6. The summed E-state index contributed by atoms with van der Waals surface area (Å²) in [4.78, 5) is 5.13. The Balaban J connectivity index is 1.35. The zero-order chi connectivity index (χ0) is 37.1. The second-order valence-electron chi connectivity index (χ2n) is 13.8. The number of thiophene rings is 1. The molecule has 55 heavy (non-hydrogen) atoms. The molecule has 1 aromatic heterocycles. The second kappa shape index (κ2) is 15.5. The van der Waals surface area contributed by atoms with Crippen LogP contribution >= 0.6 is 23.1 Å². The fourth-order valence-corrected chi connectivity index (χ4v) is 10.2. The molecule has 0 bridgehead atoms. The maximum Gasteiger partial charge on any atom is 0.0540 e.